The fraction of sp³-hybridized carbons (Fsp3) is 0.333. The van der Waals surface area contributed by atoms with Crippen LogP contribution < -0.4 is 9.47 Å². The van der Waals surface area contributed by atoms with Crippen LogP contribution in [-0.4, -0.2) is 40.5 Å². The van der Waals surface area contributed by atoms with Crippen molar-refractivity contribution in [3.8, 4) is 17.6 Å². The van der Waals surface area contributed by atoms with E-state index in [1.54, 1.807) is 18.2 Å². The fourth-order valence-corrected chi connectivity index (χ4v) is 1.54. The molecule has 1 rings (SSSR count). The molecule has 0 saturated heterocycles. The molecule has 112 valence electrons. The van der Waals surface area contributed by atoms with Crippen LogP contribution in [0.3, 0.4) is 0 Å². The maximum absolute atomic E-state index is 11.7. The average molecular weight is 291 g/mol. The highest BCUT2D eigenvalue weighted by Gasteiger charge is 2.11. The van der Waals surface area contributed by atoms with Crippen molar-refractivity contribution >= 4 is 12.0 Å². The summed E-state index contributed by atoms with van der Waals surface area (Å²) in [5.41, 5.74) is 0.534. The molecule has 6 heteroatoms. The van der Waals surface area contributed by atoms with E-state index >= 15 is 0 Å². The zero-order valence-corrected chi connectivity index (χ0v) is 12.2. The Kier molecular flexibility index (Phi) is 6.78. The van der Waals surface area contributed by atoms with Crippen molar-refractivity contribution < 1.29 is 23.7 Å². The molecule has 0 aliphatic carbocycles. The predicted molar refractivity (Wildman–Crippen MR) is 76.0 cm³/mol. The van der Waals surface area contributed by atoms with Gasteiger partial charge in [0.1, 0.15) is 18.2 Å². The average Bonchev–Trinajstić information content (AvgIpc) is 2.52. The number of carbonyl (C=O) groups is 1. The quantitative estimate of drug-likeness (QED) is 0.330. The van der Waals surface area contributed by atoms with Gasteiger partial charge in [-0.2, -0.15) is 5.26 Å². The van der Waals surface area contributed by atoms with E-state index in [4.69, 9.17) is 24.2 Å². The summed E-state index contributed by atoms with van der Waals surface area (Å²) in [7, 11) is 4.54. The van der Waals surface area contributed by atoms with Gasteiger partial charge in [-0.15, -0.1) is 0 Å². The Morgan fingerprint density at radius 2 is 1.90 bits per heavy atom. The van der Waals surface area contributed by atoms with Crippen LogP contribution in [0, 0.1) is 11.3 Å². The van der Waals surface area contributed by atoms with Crippen LogP contribution in [0.2, 0.25) is 0 Å². The number of methoxy groups -OCH3 is 3. The van der Waals surface area contributed by atoms with Gasteiger partial charge in [-0.05, 0) is 23.8 Å². The summed E-state index contributed by atoms with van der Waals surface area (Å²) >= 11 is 0. The molecule has 0 saturated carbocycles. The van der Waals surface area contributed by atoms with Crippen molar-refractivity contribution in [3.05, 3.63) is 29.3 Å². The van der Waals surface area contributed by atoms with E-state index in [-0.39, 0.29) is 18.8 Å². The van der Waals surface area contributed by atoms with Gasteiger partial charge < -0.3 is 18.9 Å². The summed E-state index contributed by atoms with van der Waals surface area (Å²) in [6, 6.07) is 6.88. The number of hydrogen-bond acceptors (Lipinski definition) is 6. The molecule has 0 aliphatic heterocycles. The van der Waals surface area contributed by atoms with Crippen LogP contribution >= 0.6 is 0 Å². The predicted octanol–water partition coefficient (Wildman–Crippen LogP) is 1.80. The third kappa shape index (κ3) is 4.82. The Morgan fingerprint density at radius 3 is 2.48 bits per heavy atom. The maximum Gasteiger partial charge on any atom is 0.348 e. The molecule has 0 amide bonds. The normalized spacial score (nSPS) is 10.7. The van der Waals surface area contributed by atoms with E-state index in [1.165, 1.54) is 27.4 Å². The number of carbonyl (C=O) groups excluding carboxylic acids is 1. The SMILES string of the molecule is COCCOC(=O)/C(C#N)=C\c1ccc(OC)c(OC)c1. The first-order chi connectivity index (χ1) is 10.2. The van der Waals surface area contributed by atoms with Crippen molar-refractivity contribution in [2.75, 3.05) is 34.5 Å². The maximum atomic E-state index is 11.7. The number of esters is 1. The molecule has 0 unspecified atom stereocenters. The van der Waals surface area contributed by atoms with Crippen LogP contribution in [0.25, 0.3) is 6.08 Å². The van der Waals surface area contributed by atoms with Gasteiger partial charge in [0.2, 0.25) is 0 Å². The first-order valence-corrected chi connectivity index (χ1v) is 6.16. The van der Waals surface area contributed by atoms with E-state index in [9.17, 15) is 4.79 Å². The highest BCUT2D eigenvalue weighted by atomic mass is 16.6. The molecule has 0 aliphatic rings. The first kappa shape index (κ1) is 16.5. The lowest BCUT2D eigenvalue weighted by Crippen LogP contribution is -2.11. The second kappa shape index (κ2) is 8.61. The van der Waals surface area contributed by atoms with Gasteiger partial charge in [-0.1, -0.05) is 6.07 Å². The first-order valence-electron chi connectivity index (χ1n) is 6.16. The molecule has 0 atom stereocenters. The molecule has 0 heterocycles. The molecule has 6 nitrogen and oxygen atoms in total. The summed E-state index contributed by atoms with van der Waals surface area (Å²) in [5, 5.41) is 9.04. The Labute approximate surface area is 123 Å². The number of benzene rings is 1. The lowest BCUT2D eigenvalue weighted by atomic mass is 10.1. The molecule has 1 aromatic rings. The number of rotatable bonds is 7. The smallest absolute Gasteiger partial charge is 0.348 e. The van der Waals surface area contributed by atoms with Crippen molar-refractivity contribution in [1.82, 2.24) is 0 Å². The highest BCUT2D eigenvalue weighted by Crippen LogP contribution is 2.28. The lowest BCUT2D eigenvalue weighted by molar-refractivity contribution is -0.139. The third-order valence-electron chi connectivity index (χ3n) is 2.58. The van der Waals surface area contributed by atoms with Crippen LogP contribution in [0.1, 0.15) is 5.56 Å². The molecule has 0 bridgehead atoms. The van der Waals surface area contributed by atoms with E-state index in [0.29, 0.717) is 17.1 Å². The summed E-state index contributed by atoms with van der Waals surface area (Å²) in [6.45, 7) is 0.376. The highest BCUT2D eigenvalue weighted by molar-refractivity contribution is 5.97. The van der Waals surface area contributed by atoms with Crippen molar-refractivity contribution in [3.63, 3.8) is 0 Å². The molecule has 21 heavy (non-hydrogen) atoms. The summed E-state index contributed by atoms with van der Waals surface area (Å²) in [6.07, 6.45) is 1.43. The number of nitrogens with zero attached hydrogens (tertiary/aromatic N) is 1. The molecule has 0 fully saturated rings. The molecule has 0 radical (unpaired) electrons. The minimum absolute atomic E-state index is 0.0975. The Bertz CT molecular complexity index is 560. The molecule has 0 N–H and O–H groups in total. The third-order valence-corrected chi connectivity index (χ3v) is 2.58. The van der Waals surface area contributed by atoms with Gasteiger partial charge in [-0.25, -0.2) is 4.79 Å². The second-order valence-electron chi connectivity index (χ2n) is 3.91. The Hall–Kier alpha value is -2.52. The van der Waals surface area contributed by atoms with E-state index in [1.807, 2.05) is 6.07 Å². The number of ether oxygens (including phenoxy) is 4. The van der Waals surface area contributed by atoms with Gasteiger partial charge in [0.25, 0.3) is 0 Å². The van der Waals surface area contributed by atoms with E-state index in [0.717, 1.165) is 0 Å². The molecule has 1 aromatic carbocycles. The second-order valence-corrected chi connectivity index (χ2v) is 3.91. The van der Waals surface area contributed by atoms with Gasteiger partial charge >= 0.3 is 5.97 Å². The van der Waals surface area contributed by atoms with Crippen LogP contribution in [0.15, 0.2) is 23.8 Å². The standard InChI is InChI=1S/C15H17NO5/c1-18-6-7-21-15(17)12(10-16)8-11-4-5-13(19-2)14(9-11)20-3/h4-5,8-9H,6-7H2,1-3H3/b12-8-. The summed E-state index contributed by atoms with van der Waals surface area (Å²) in [4.78, 5) is 11.7. The topological polar surface area (TPSA) is 77.8 Å². The van der Waals surface area contributed by atoms with Crippen LogP contribution in [0.4, 0.5) is 0 Å². The summed E-state index contributed by atoms with van der Waals surface area (Å²) in [5.74, 6) is 0.386. The summed E-state index contributed by atoms with van der Waals surface area (Å²) < 4.78 is 19.9. The van der Waals surface area contributed by atoms with Gasteiger partial charge in [-0.3, -0.25) is 0 Å². The van der Waals surface area contributed by atoms with Crippen molar-refractivity contribution in [1.29, 1.82) is 5.26 Å². The monoisotopic (exact) mass is 291 g/mol. The Morgan fingerprint density at radius 1 is 1.19 bits per heavy atom. The van der Waals surface area contributed by atoms with Crippen LogP contribution in [0.5, 0.6) is 11.5 Å². The van der Waals surface area contributed by atoms with Gasteiger partial charge in [0, 0.05) is 7.11 Å². The van der Waals surface area contributed by atoms with Crippen LogP contribution in [-0.2, 0) is 14.3 Å². The van der Waals surface area contributed by atoms with E-state index < -0.39 is 5.97 Å². The number of hydrogen-bond donors (Lipinski definition) is 0. The zero-order valence-electron chi connectivity index (χ0n) is 12.2. The zero-order chi connectivity index (χ0) is 15.7. The minimum atomic E-state index is -0.690. The minimum Gasteiger partial charge on any atom is -0.493 e. The molecular formula is C15H17NO5. The fourth-order valence-electron chi connectivity index (χ4n) is 1.54. The van der Waals surface area contributed by atoms with Crippen molar-refractivity contribution in [2.24, 2.45) is 0 Å². The van der Waals surface area contributed by atoms with Gasteiger partial charge in [0.15, 0.2) is 11.5 Å². The largest absolute Gasteiger partial charge is 0.493 e. The van der Waals surface area contributed by atoms with E-state index in [2.05, 4.69) is 0 Å². The molecule has 0 aromatic heterocycles. The van der Waals surface area contributed by atoms with Crippen molar-refractivity contribution in [2.45, 2.75) is 0 Å². The lowest BCUT2D eigenvalue weighted by Gasteiger charge is -2.08. The molecular weight excluding hydrogens is 274 g/mol. The van der Waals surface area contributed by atoms with Gasteiger partial charge in [0.05, 0.1) is 20.8 Å². The molecule has 0 spiro atoms. The Balaban J connectivity index is 2.93. The number of nitriles is 1.